The summed E-state index contributed by atoms with van der Waals surface area (Å²) in [6, 6.07) is 5.24. The second-order valence-electron chi connectivity index (χ2n) is 3.14. The van der Waals surface area contributed by atoms with Crippen LogP contribution in [0.5, 0.6) is 5.75 Å². The van der Waals surface area contributed by atoms with Crippen LogP contribution in [0.2, 0.25) is 5.02 Å². The molecule has 72 valence electrons. The van der Waals surface area contributed by atoms with Crippen molar-refractivity contribution in [2.24, 2.45) is 0 Å². The predicted octanol–water partition coefficient (Wildman–Crippen LogP) is 2.36. The van der Waals surface area contributed by atoms with E-state index in [2.05, 4.69) is 0 Å². The Morgan fingerprint density at radius 3 is 2.77 bits per heavy atom. The molecule has 0 spiro atoms. The monoisotopic (exact) mass is 200 g/mol. The predicted molar refractivity (Wildman–Crippen MR) is 53.1 cm³/mol. The van der Waals surface area contributed by atoms with E-state index in [1.165, 1.54) is 0 Å². The SMILES string of the molecule is C[C@H](O)CCc1cccc(Cl)c1O. The van der Waals surface area contributed by atoms with Crippen LogP contribution >= 0.6 is 11.6 Å². The minimum absolute atomic E-state index is 0.129. The first-order chi connectivity index (χ1) is 6.11. The van der Waals surface area contributed by atoms with Crippen LogP contribution in [0.4, 0.5) is 0 Å². The van der Waals surface area contributed by atoms with Crippen molar-refractivity contribution in [3.63, 3.8) is 0 Å². The lowest BCUT2D eigenvalue weighted by Gasteiger charge is -2.06. The van der Waals surface area contributed by atoms with Crippen molar-refractivity contribution in [3.8, 4) is 5.75 Å². The fraction of sp³-hybridized carbons (Fsp3) is 0.400. The minimum atomic E-state index is -0.349. The first-order valence-corrected chi connectivity index (χ1v) is 4.63. The van der Waals surface area contributed by atoms with Gasteiger partial charge in [0.1, 0.15) is 5.75 Å². The van der Waals surface area contributed by atoms with E-state index in [1.54, 1.807) is 19.1 Å². The van der Waals surface area contributed by atoms with Gasteiger partial charge in [-0.05, 0) is 31.4 Å². The zero-order chi connectivity index (χ0) is 9.84. The molecule has 0 radical (unpaired) electrons. The number of benzene rings is 1. The van der Waals surface area contributed by atoms with E-state index < -0.39 is 0 Å². The third kappa shape index (κ3) is 2.90. The molecule has 0 heterocycles. The number of hydrogen-bond acceptors (Lipinski definition) is 2. The summed E-state index contributed by atoms with van der Waals surface area (Å²) in [7, 11) is 0. The van der Waals surface area contributed by atoms with Crippen molar-refractivity contribution in [1.29, 1.82) is 0 Å². The molecule has 1 atom stereocenters. The number of aryl methyl sites for hydroxylation is 1. The molecule has 1 rings (SSSR count). The third-order valence-corrected chi connectivity index (χ3v) is 2.21. The van der Waals surface area contributed by atoms with Gasteiger partial charge >= 0.3 is 0 Å². The maximum Gasteiger partial charge on any atom is 0.137 e. The van der Waals surface area contributed by atoms with E-state index in [0.29, 0.717) is 17.9 Å². The number of phenols is 1. The highest BCUT2D eigenvalue weighted by Crippen LogP contribution is 2.27. The zero-order valence-corrected chi connectivity index (χ0v) is 8.25. The molecule has 0 amide bonds. The van der Waals surface area contributed by atoms with Crippen molar-refractivity contribution in [2.75, 3.05) is 0 Å². The highest BCUT2D eigenvalue weighted by molar-refractivity contribution is 6.32. The fourth-order valence-electron chi connectivity index (χ4n) is 1.13. The molecule has 0 bridgehead atoms. The number of para-hydroxylation sites is 1. The van der Waals surface area contributed by atoms with Gasteiger partial charge in [-0.3, -0.25) is 0 Å². The summed E-state index contributed by atoms with van der Waals surface area (Å²) in [6.07, 6.45) is 0.927. The van der Waals surface area contributed by atoms with Gasteiger partial charge in [-0.15, -0.1) is 0 Å². The van der Waals surface area contributed by atoms with Gasteiger partial charge in [-0.2, -0.15) is 0 Å². The number of rotatable bonds is 3. The molecule has 1 aromatic carbocycles. The molecule has 1 aromatic rings. The Labute approximate surface area is 82.8 Å². The van der Waals surface area contributed by atoms with Gasteiger partial charge in [-0.1, -0.05) is 23.7 Å². The van der Waals surface area contributed by atoms with Crippen molar-refractivity contribution < 1.29 is 10.2 Å². The van der Waals surface area contributed by atoms with Gasteiger partial charge in [0.15, 0.2) is 0 Å². The summed E-state index contributed by atoms with van der Waals surface area (Å²) in [5.74, 6) is 0.129. The zero-order valence-electron chi connectivity index (χ0n) is 7.50. The van der Waals surface area contributed by atoms with Crippen LogP contribution < -0.4 is 0 Å². The first-order valence-electron chi connectivity index (χ1n) is 4.25. The lowest BCUT2D eigenvalue weighted by Crippen LogP contribution is -2.01. The molecule has 0 aliphatic heterocycles. The second-order valence-corrected chi connectivity index (χ2v) is 3.54. The van der Waals surface area contributed by atoms with Crippen LogP contribution in [0.25, 0.3) is 0 Å². The topological polar surface area (TPSA) is 40.5 Å². The Morgan fingerprint density at radius 2 is 2.15 bits per heavy atom. The molecule has 0 aromatic heterocycles. The normalized spacial score (nSPS) is 12.8. The number of halogens is 1. The molecule has 2 N–H and O–H groups in total. The molecule has 0 aliphatic carbocycles. The van der Waals surface area contributed by atoms with E-state index in [0.717, 1.165) is 5.56 Å². The molecule has 0 saturated heterocycles. The lowest BCUT2D eigenvalue weighted by molar-refractivity contribution is 0.184. The van der Waals surface area contributed by atoms with Crippen molar-refractivity contribution >= 4 is 11.6 Å². The molecule has 2 nitrogen and oxygen atoms in total. The Balaban J connectivity index is 2.71. The number of aromatic hydroxyl groups is 1. The van der Waals surface area contributed by atoms with Gasteiger partial charge in [0.05, 0.1) is 11.1 Å². The molecule has 0 fully saturated rings. The summed E-state index contributed by atoms with van der Waals surface area (Å²) < 4.78 is 0. The van der Waals surface area contributed by atoms with Crippen LogP contribution in [-0.4, -0.2) is 16.3 Å². The van der Waals surface area contributed by atoms with Gasteiger partial charge in [0, 0.05) is 0 Å². The summed E-state index contributed by atoms with van der Waals surface area (Å²) >= 11 is 5.72. The number of phenolic OH excluding ortho intramolecular Hbond substituents is 1. The van der Waals surface area contributed by atoms with Crippen LogP contribution in [0, 0.1) is 0 Å². The van der Waals surface area contributed by atoms with Gasteiger partial charge in [0.2, 0.25) is 0 Å². The van der Waals surface area contributed by atoms with Gasteiger partial charge in [-0.25, -0.2) is 0 Å². The second kappa shape index (κ2) is 4.49. The quantitative estimate of drug-likeness (QED) is 0.787. The van der Waals surface area contributed by atoms with E-state index in [4.69, 9.17) is 16.7 Å². The number of hydrogen-bond donors (Lipinski definition) is 2. The van der Waals surface area contributed by atoms with E-state index in [-0.39, 0.29) is 11.9 Å². The summed E-state index contributed by atoms with van der Waals surface area (Å²) in [4.78, 5) is 0. The average molecular weight is 201 g/mol. The molecule has 13 heavy (non-hydrogen) atoms. The average Bonchev–Trinajstić information content (AvgIpc) is 2.07. The minimum Gasteiger partial charge on any atom is -0.506 e. The largest absolute Gasteiger partial charge is 0.506 e. The van der Waals surface area contributed by atoms with E-state index in [9.17, 15) is 5.11 Å². The smallest absolute Gasteiger partial charge is 0.137 e. The van der Waals surface area contributed by atoms with Crippen LogP contribution in [0.15, 0.2) is 18.2 Å². The maximum absolute atomic E-state index is 9.50. The first kappa shape index (κ1) is 10.4. The highest BCUT2D eigenvalue weighted by atomic mass is 35.5. The van der Waals surface area contributed by atoms with Crippen molar-refractivity contribution in [3.05, 3.63) is 28.8 Å². The Morgan fingerprint density at radius 1 is 1.46 bits per heavy atom. The molecule has 0 aliphatic rings. The molecule has 0 unspecified atom stereocenters. The molecule has 0 saturated carbocycles. The van der Waals surface area contributed by atoms with Crippen LogP contribution in [-0.2, 0) is 6.42 Å². The van der Waals surface area contributed by atoms with E-state index in [1.807, 2.05) is 6.07 Å². The fourth-order valence-corrected chi connectivity index (χ4v) is 1.32. The molecule has 3 heteroatoms. The lowest BCUT2D eigenvalue weighted by atomic mass is 10.1. The number of aliphatic hydroxyl groups excluding tert-OH is 1. The molecular formula is C10H13ClO2. The Kier molecular flexibility index (Phi) is 3.58. The standard InChI is InChI=1S/C10H13ClO2/c1-7(12)5-6-8-3-2-4-9(11)10(8)13/h2-4,7,12-13H,5-6H2,1H3/t7-/m0/s1. The number of aliphatic hydroxyl groups is 1. The highest BCUT2D eigenvalue weighted by Gasteiger charge is 2.05. The van der Waals surface area contributed by atoms with Gasteiger partial charge in [0.25, 0.3) is 0 Å². The Bertz CT molecular complexity index is 284. The van der Waals surface area contributed by atoms with Crippen LogP contribution in [0.1, 0.15) is 18.9 Å². The Hall–Kier alpha value is -0.730. The van der Waals surface area contributed by atoms with Crippen molar-refractivity contribution in [1.82, 2.24) is 0 Å². The van der Waals surface area contributed by atoms with Crippen LogP contribution in [0.3, 0.4) is 0 Å². The summed E-state index contributed by atoms with van der Waals surface area (Å²) in [5, 5.41) is 18.9. The van der Waals surface area contributed by atoms with Gasteiger partial charge < -0.3 is 10.2 Å². The van der Waals surface area contributed by atoms with Crippen molar-refractivity contribution in [2.45, 2.75) is 25.9 Å². The third-order valence-electron chi connectivity index (χ3n) is 1.90. The maximum atomic E-state index is 9.50. The summed E-state index contributed by atoms with van der Waals surface area (Å²) in [6.45, 7) is 1.72. The summed E-state index contributed by atoms with van der Waals surface area (Å²) in [5.41, 5.74) is 0.786. The van der Waals surface area contributed by atoms with E-state index >= 15 is 0 Å². The molecular weight excluding hydrogens is 188 g/mol.